The molecule has 0 spiro atoms. The predicted octanol–water partition coefficient (Wildman–Crippen LogP) is 2.74. The van der Waals surface area contributed by atoms with Crippen molar-refractivity contribution in [3.63, 3.8) is 0 Å². The lowest BCUT2D eigenvalue weighted by Gasteiger charge is -2.12. The summed E-state index contributed by atoms with van der Waals surface area (Å²) in [6, 6.07) is 10.8. The Hall–Kier alpha value is -2.41. The molecular weight excluding hydrogens is 342 g/mol. The molecule has 1 atom stereocenters. The summed E-state index contributed by atoms with van der Waals surface area (Å²) in [7, 11) is -2.98. The van der Waals surface area contributed by atoms with Crippen LogP contribution in [0.5, 0.6) is 11.5 Å². The van der Waals surface area contributed by atoms with Crippen LogP contribution >= 0.6 is 0 Å². The van der Waals surface area contributed by atoms with E-state index in [4.69, 9.17) is 9.47 Å². The monoisotopic (exact) mass is 361 g/mol. The van der Waals surface area contributed by atoms with Crippen molar-refractivity contribution in [2.75, 3.05) is 11.5 Å². The zero-order valence-corrected chi connectivity index (χ0v) is 14.4. The van der Waals surface area contributed by atoms with Gasteiger partial charge in [-0.3, -0.25) is 9.78 Å². The summed E-state index contributed by atoms with van der Waals surface area (Å²) in [6.45, 7) is 0.0781. The van der Waals surface area contributed by atoms with E-state index in [1.807, 2.05) is 18.2 Å². The number of hydrogen-bond acceptors (Lipinski definition) is 6. The smallest absolute Gasteiger partial charge is 0.306 e. The maximum absolute atomic E-state index is 12.0. The highest BCUT2D eigenvalue weighted by Gasteiger charge is 2.29. The molecule has 1 saturated heterocycles. The lowest BCUT2D eigenvalue weighted by atomic mass is 10.1. The Morgan fingerprint density at radius 2 is 2.04 bits per heavy atom. The molecule has 2 heterocycles. The molecule has 2 aromatic rings. The topological polar surface area (TPSA) is 82.6 Å². The second-order valence-electron chi connectivity index (χ2n) is 6.03. The van der Waals surface area contributed by atoms with Gasteiger partial charge in [0.1, 0.15) is 18.1 Å². The van der Waals surface area contributed by atoms with E-state index in [-0.39, 0.29) is 30.5 Å². The largest absolute Gasteiger partial charge is 0.461 e. The van der Waals surface area contributed by atoms with E-state index < -0.39 is 15.8 Å². The number of esters is 1. The fraction of sp³-hybridized carbons (Fsp3) is 0.333. The van der Waals surface area contributed by atoms with Crippen LogP contribution in [0.1, 0.15) is 18.4 Å². The molecule has 1 aliphatic rings. The molecule has 25 heavy (non-hydrogen) atoms. The van der Waals surface area contributed by atoms with Crippen molar-refractivity contribution in [3.8, 4) is 11.5 Å². The number of benzene rings is 1. The van der Waals surface area contributed by atoms with Gasteiger partial charge in [0, 0.05) is 18.2 Å². The third kappa shape index (κ3) is 5.03. The number of hydrogen-bond donors (Lipinski definition) is 0. The fourth-order valence-corrected chi connectivity index (χ4v) is 4.60. The fourth-order valence-electron chi connectivity index (χ4n) is 2.74. The zero-order valence-electron chi connectivity index (χ0n) is 13.6. The van der Waals surface area contributed by atoms with Gasteiger partial charge in [-0.25, -0.2) is 8.42 Å². The molecule has 1 fully saturated rings. The van der Waals surface area contributed by atoms with E-state index >= 15 is 0 Å². The molecule has 0 saturated carbocycles. The Balaban J connectivity index is 1.57. The van der Waals surface area contributed by atoms with Crippen LogP contribution in [0.15, 0.2) is 48.8 Å². The Morgan fingerprint density at radius 1 is 1.20 bits per heavy atom. The first-order valence-corrected chi connectivity index (χ1v) is 9.86. The van der Waals surface area contributed by atoms with Crippen molar-refractivity contribution in [3.05, 3.63) is 54.4 Å². The van der Waals surface area contributed by atoms with E-state index in [2.05, 4.69) is 4.98 Å². The molecule has 0 amide bonds. The maximum Gasteiger partial charge on any atom is 0.306 e. The Kier molecular flexibility index (Phi) is 5.33. The van der Waals surface area contributed by atoms with Crippen LogP contribution in [0.2, 0.25) is 0 Å². The second kappa shape index (κ2) is 7.65. The van der Waals surface area contributed by atoms with Gasteiger partial charge in [0.05, 0.1) is 17.7 Å². The summed E-state index contributed by atoms with van der Waals surface area (Å²) >= 11 is 0. The van der Waals surface area contributed by atoms with Gasteiger partial charge in [-0.05, 0) is 30.5 Å². The van der Waals surface area contributed by atoms with Crippen molar-refractivity contribution < 1.29 is 22.7 Å². The summed E-state index contributed by atoms with van der Waals surface area (Å²) in [5.41, 5.74) is 0.735. The normalized spacial score (nSPS) is 18.6. The molecule has 132 valence electrons. The standard InChI is InChI=1S/C18H19NO5S/c20-18(10-14-7-9-25(21,22)13-14)23-12-15-4-1-2-6-17(15)24-16-5-3-8-19-11-16/h1-6,8,11,14H,7,9-10,12-13H2. The molecule has 1 aromatic heterocycles. The first-order chi connectivity index (χ1) is 12.0. The van der Waals surface area contributed by atoms with Crippen LogP contribution in [0.25, 0.3) is 0 Å². The van der Waals surface area contributed by atoms with Crippen LogP contribution in [-0.4, -0.2) is 30.9 Å². The Morgan fingerprint density at radius 3 is 2.76 bits per heavy atom. The summed E-state index contributed by atoms with van der Waals surface area (Å²) in [5, 5.41) is 0. The van der Waals surface area contributed by atoms with Crippen LogP contribution in [-0.2, 0) is 26.0 Å². The van der Waals surface area contributed by atoms with E-state index in [1.165, 1.54) is 0 Å². The molecule has 0 radical (unpaired) electrons. The third-order valence-corrected chi connectivity index (χ3v) is 5.84. The van der Waals surface area contributed by atoms with Crippen molar-refractivity contribution in [2.45, 2.75) is 19.4 Å². The maximum atomic E-state index is 12.0. The van der Waals surface area contributed by atoms with Crippen LogP contribution in [0, 0.1) is 5.92 Å². The summed E-state index contributed by atoms with van der Waals surface area (Å²) < 4.78 is 34.0. The number of nitrogens with zero attached hydrogens (tertiary/aromatic N) is 1. The molecule has 1 unspecified atom stereocenters. The number of rotatable bonds is 6. The van der Waals surface area contributed by atoms with Gasteiger partial charge >= 0.3 is 5.97 Å². The highest BCUT2D eigenvalue weighted by atomic mass is 32.2. The summed E-state index contributed by atoms with van der Waals surface area (Å²) in [4.78, 5) is 16.0. The van der Waals surface area contributed by atoms with E-state index in [9.17, 15) is 13.2 Å². The molecule has 7 heteroatoms. The number of ether oxygens (including phenoxy) is 2. The number of carbonyl (C=O) groups excluding carboxylic acids is 1. The van der Waals surface area contributed by atoms with Gasteiger partial charge in [-0.1, -0.05) is 18.2 Å². The van der Waals surface area contributed by atoms with E-state index in [0.29, 0.717) is 17.9 Å². The van der Waals surface area contributed by atoms with Gasteiger partial charge in [-0.15, -0.1) is 0 Å². The number of para-hydroxylation sites is 1. The predicted molar refractivity (Wildman–Crippen MR) is 91.9 cm³/mol. The number of sulfone groups is 1. The molecule has 6 nitrogen and oxygen atoms in total. The lowest BCUT2D eigenvalue weighted by molar-refractivity contribution is -0.145. The minimum Gasteiger partial charge on any atom is -0.461 e. The third-order valence-electron chi connectivity index (χ3n) is 4.01. The van der Waals surface area contributed by atoms with Gasteiger partial charge < -0.3 is 9.47 Å². The first-order valence-electron chi connectivity index (χ1n) is 8.04. The van der Waals surface area contributed by atoms with Crippen molar-refractivity contribution in [1.82, 2.24) is 4.98 Å². The van der Waals surface area contributed by atoms with Crippen LogP contribution in [0.4, 0.5) is 0 Å². The van der Waals surface area contributed by atoms with Gasteiger partial charge in [0.25, 0.3) is 0 Å². The van der Waals surface area contributed by atoms with Crippen molar-refractivity contribution >= 4 is 15.8 Å². The quantitative estimate of drug-likeness (QED) is 0.736. The summed E-state index contributed by atoms with van der Waals surface area (Å²) in [6.07, 6.45) is 3.91. The van der Waals surface area contributed by atoms with Crippen molar-refractivity contribution in [1.29, 1.82) is 0 Å². The molecule has 3 rings (SSSR count). The van der Waals surface area contributed by atoms with Gasteiger partial charge in [-0.2, -0.15) is 0 Å². The van der Waals surface area contributed by atoms with Gasteiger partial charge in [0.2, 0.25) is 0 Å². The molecule has 1 aromatic carbocycles. The molecule has 0 bridgehead atoms. The highest BCUT2D eigenvalue weighted by molar-refractivity contribution is 7.91. The first kappa shape index (κ1) is 17.4. The average Bonchev–Trinajstić information content (AvgIpc) is 2.93. The molecule has 0 N–H and O–H groups in total. The van der Waals surface area contributed by atoms with E-state index in [0.717, 1.165) is 5.56 Å². The second-order valence-corrected chi connectivity index (χ2v) is 8.26. The summed E-state index contributed by atoms with van der Waals surface area (Å²) in [5.74, 6) is 0.886. The van der Waals surface area contributed by atoms with Gasteiger partial charge in [0.15, 0.2) is 9.84 Å². The average molecular weight is 361 g/mol. The minimum atomic E-state index is -2.98. The lowest BCUT2D eigenvalue weighted by Crippen LogP contribution is -2.13. The highest BCUT2D eigenvalue weighted by Crippen LogP contribution is 2.26. The minimum absolute atomic E-state index is 0.0722. The molecule has 1 aliphatic heterocycles. The number of pyridine rings is 1. The SMILES string of the molecule is O=C(CC1CCS(=O)(=O)C1)OCc1ccccc1Oc1cccnc1. The van der Waals surface area contributed by atoms with Crippen LogP contribution in [0.3, 0.4) is 0 Å². The van der Waals surface area contributed by atoms with Crippen LogP contribution < -0.4 is 4.74 Å². The number of carbonyl (C=O) groups is 1. The Bertz CT molecular complexity index is 836. The van der Waals surface area contributed by atoms with Crippen molar-refractivity contribution in [2.24, 2.45) is 5.92 Å². The zero-order chi connectivity index (χ0) is 17.7. The molecular formula is C18H19NO5S. The molecule has 0 aliphatic carbocycles. The number of aromatic nitrogens is 1. The Labute approximate surface area is 146 Å². The van der Waals surface area contributed by atoms with E-state index in [1.54, 1.807) is 30.6 Å².